The number of allylic oxidation sites excluding steroid dienone is 2. The van der Waals surface area contributed by atoms with Gasteiger partial charge in [-0.2, -0.15) is 0 Å². The highest BCUT2D eigenvalue weighted by Crippen LogP contribution is 2.75. The second kappa shape index (κ2) is 10.7. The molecule has 0 aliphatic heterocycles. The standard InChI is InChI=1S/C41H54N2O4/c1-24-16-19-41(36(46)47-23-27-12-10-9-11-13-27)21-20-39(7)29(32(41)25(24)2)14-15-31-38(6)22-28-33(35(44)45)42-26(3)43-34(28)37(4,5)30(38)17-18-40(31,39)8/h9-14,24-25,30-32H,15-23H2,1-8H3,(H,44,45)/t24-,25+,30?,31?,32?,38+,39-,40-,41+/m1/s1. The summed E-state index contributed by atoms with van der Waals surface area (Å²) < 4.78 is 6.21. The van der Waals surface area contributed by atoms with Gasteiger partial charge in [-0.15, -0.1) is 0 Å². The Bertz CT molecular complexity index is 1650. The molecule has 3 saturated carbocycles. The van der Waals surface area contributed by atoms with Crippen LogP contribution >= 0.6 is 0 Å². The molecule has 6 heteroatoms. The monoisotopic (exact) mass is 638 g/mol. The SMILES string of the molecule is Cc1nc(C(=O)O)c2c(n1)C(C)(C)C1CC[C@]3(C)C(CC=C4C5[C@@H](C)[C@H](C)CC[C@]5(C(=O)OCc5ccccc5)CC[C@]43C)[C@@]1(C)C2. The van der Waals surface area contributed by atoms with E-state index in [1.165, 1.54) is 5.57 Å². The number of aryl methyl sites for hydroxylation is 1. The molecular formula is C41H54N2O4. The summed E-state index contributed by atoms with van der Waals surface area (Å²) in [5.41, 5.74) is 3.64. The van der Waals surface area contributed by atoms with Gasteiger partial charge in [0, 0.05) is 11.0 Å². The van der Waals surface area contributed by atoms with E-state index in [0.29, 0.717) is 42.5 Å². The van der Waals surface area contributed by atoms with Crippen molar-refractivity contribution in [3.05, 3.63) is 70.3 Å². The van der Waals surface area contributed by atoms with Crippen molar-refractivity contribution < 1.29 is 19.4 Å². The number of hydrogen-bond acceptors (Lipinski definition) is 5. The molecule has 3 unspecified atom stereocenters. The number of carbonyl (C=O) groups is 2. The predicted molar refractivity (Wildman–Crippen MR) is 183 cm³/mol. The van der Waals surface area contributed by atoms with Gasteiger partial charge in [-0.1, -0.05) is 90.4 Å². The molecule has 1 N–H and O–H groups in total. The van der Waals surface area contributed by atoms with Gasteiger partial charge >= 0.3 is 11.9 Å². The van der Waals surface area contributed by atoms with Crippen molar-refractivity contribution in [3.63, 3.8) is 0 Å². The molecule has 0 bridgehead atoms. The van der Waals surface area contributed by atoms with E-state index < -0.39 is 11.4 Å². The van der Waals surface area contributed by atoms with E-state index in [-0.39, 0.29) is 39.2 Å². The Kier molecular flexibility index (Phi) is 7.43. The first-order valence-electron chi connectivity index (χ1n) is 18.1. The van der Waals surface area contributed by atoms with Crippen molar-refractivity contribution in [2.24, 2.45) is 51.2 Å². The van der Waals surface area contributed by atoms with Crippen molar-refractivity contribution >= 4 is 11.9 Å². The summed E-state index contributed by atoms with van der Waals surface area (Å²) >= 11 is 0. The Morgan fingerprint density at radius 2 is 1.66 bits per heavy atom. The van der Waals surface area contributed by atoms with Crippen LogP contribution in [0.1, 0.15) is 127 Å². The van der Waals surface area contributed by atoms with Crippen LogP contribution in [-0.4, -0.2) is 27.0 Å². The van der Waals surface area contributed by atoms with Crippen LogP contribution in [0.5, 0.6) is 0 Å². The van der Waals surface area contributed by atoms with Gasteiger partial charge in [-0.25, -0.2) is 14.8 Å². The molecular weight excluding hydrogens is 584 g/mol. The molecule has 0 amide bonds. The first kappa shape index (κ1) is 32.5. The Labute approximate surface area is 281 Å². The number of rotatable bonds is 4. The van der Waals surface area contributed by atoms with Crippen LogP contribution in [0.25, 0.3) is 0 Å². The number of nitrogens with zero attached hydrogens (tertiary/aromatic N) is 2. The Balaban J connectivity index is 1.30. The lowest BCUT2D eigenvalue weighted by Gasteiger charge is -2.71. The van der Waals surface area contributed by atoms with Crippen molar-refractivity contribution in [3.8, 4) is 0 Å². The number of esters is 1. The molecule has 1 heterocycles. The summed E-state index contributed by atoms with van der Waals surface area (Å²) in [5.74, 6) is 1.47. The molecule has 252 valence electrons. The van der Waals surface area contributed by atoms with Crippen molar-refractivity contribution in [2.75, 3.05) is 0 Å². The molecule has 1 aromatic heterocycles. The smallest absolute Gasteiger partial charge is 0.354 e. The van der Waals surface area contributed by atoms with Crippen LogP contribution < -0.4 is 0 Å². The largest absolute Gasteiger partial charge is 0.477 e. The topological polar surface area (TPSA) is 89.4 Å². The van der Waals surface area contributed by atoms with Crippen molar-refractivity contribution in [2.45, 2.75) is 119 Å². The molecule has 5 aliphatic rings. The number of carbonyl (C=O) groups excluding carboxylic acids is 1. The molecule has 9 atom stereocenters. The maximum Gasteiger partial charge on any atom is 0.354 e. The summed E-state index contributed by atoms with van der Waals surface area (Å²) in [6.45, 7) is 19.0. The van der Waals surface area contributed by atoms with E-state index >= 15 is 0 Å². The van der Waals surface area contributed by atoms with Gasteiger partial charge in [0.1, 0.15) is 12.4 Å². The number of benzene rings is 1. The lowest BCUT2D eigenvalue weighted by molar-refractivity contribution is -0.184. The number of fused-ring (bicyclic) bond motifs is 8. The minimum atomic E-state index is -0.955. The summed E-state index contributed by atoms with van der Waals surface area (Å²) in [5, 5.41) is 10.3. The molecule has 1 aromatic carbocycles. The van der Waals surface area contributed by atoms with Crippen LogP contribution in [0.2, 0.25) is 0 Å². The summed E-state index contributed by atoms with van der Waals surface area (Å²) in [6.07, 6.45) is 10.2. The summed E-state index contributed by atoms with van der Waals surface area (Å²) in [4.78, 5) is 36.3. The molecule has 5 aliphatic carbocycles. The van der Waals surface area contributed by atoms with Crippen LogP contribution in [0.4, 0.5) is 0 Å². The minimum Gasteiger partial charge on any atom is -0.477 e. The van der Waals surface area contributed by atoms with E-state index in [1.807, 2.05) is 37.3 Å². The number of hydrogen-bond donors (Lipinski definition) is 1. The zero-order valence-electron chi connectivity index (χ0n) is 29.8. The van der Waals surface area contributed by atoms with E-state index in [2.05, 4.69) is 59.5 Å². The third kappa shape index (κ3) is 4.41. The molecule has 0 spiro atoms. The maximum atomic E-state index is 14.4. The molecule has 0 saturated heterocycles. The fourth-order valence-corrected chi connectivity index (χ4v) is 12.5. The van der Waals surface area contributed by atoms with Gasteiger partial charge in [0.25, 0.3) is 0 Å². The average molecular weight is 639 g/mol. The van der Waals surface area contributed by atoms with Gasteiger partial charge in [0.2, 0.25) is 0 Å². The number of carboxylic acid groups (broad SMARTS) is 1. The summed E-state index contributed by atoms with van der Waals surface area (Å²) in [6, 6.07) is 10.1. The zero-order chi connectivity index (χ0) is 33.7. The van der Waals surface area contributed by atoms with Gasteiger partial charge in [-0.05, 0) is 110 Å². The quantitative estimate of drug-likeness (QED) is 0.266. The molecule has 7 rings (SSSR count). The van der Waals surface area contributed by atoms with Gasteiger partial charge in [-0.3, -0.25) is 4.79 Å². The first-order valence-corrected chi connectivity index (χ1v) is 18.1. The Hall–Kier alpha value is -3.02. The number of aromatic nitrogens is 2. The van der Waals surface area contributed by atoms with Crippen LogP contribution in [0.3, 0.4) is 0 Å². The van der Waals surface area contributed by atoms with Gasteiger partial charge < -0.3 is 9.84 Å². The third-order valence-electron chi connectivity index (χ3n) is 15.2. The predicted octanol–water partition coefficient (Wildman–Crippen LogP) is 8.90. The zero-order valence-corrected chi connectivity index (χ0v) is 29.8. The average Bonchev–Trinajstić information content (AvgIpc) is 3.02. The van der Waals surface area contributed by atoms with Gasteiger partial charge in [0.15, 0.2) is 5.69 Å². The highest BCUT2D eigenvalue weighted by atomic mass is 16.5. The normalized spacial score (nSPS) is 40.0. The lowest BCUT2D eigenvalue weighted by Crippen LogP contribution is -2.65. The number of ether oxygens (including phenoxy) is 1. The fourth-order valence-electron chi connectivity index (χ4n) is 12.5. The van der Waals surface area contributed by atoms with E-state index in [4.69, 9.17) is 9.72 Å². The third-order valence-corrected chi connectivity index (χ3v) is 15.2. The van der Waals surface area contributed by atoms with E-state index in [9.17, 15) is 14.7 Å². The van der Waals surface area contributed by atoms with Crippen molar-refractivity contribution in [1.29, 1.82) is 0 Å². The van der Waals surface area contributed by atoms with Crippen LogP contribution in [0, 0.1) is 58.2 Å². The lowest BCUT2D eigenvalue weighted by atomic mass is 9.33. The number of carboxylic acids is 1. The molecule has 2 aromatic rings. The van der Waals surface area contributed by atoms with Crippen molar-refractivity contribution in [1.82, 2.24) is 9.97 Å². The van der Waals surface area contributed by atoms with E-state index in [0.717, 1.165) is 61.8 Å². The molecule has 47 heavy (non-hydrogen) atoms. The molecule has 0 radical (unpaired) electrons. The van der Waals surface area contributed by atoms with E-state index in [1.54, 1.807) is 0 Å². The highest BCUT2D eigenvalue weighted by Gasteiger charge is 2.69. The second-order valence-corrected chi connectivity index (χ2v) is 17.5. The Morgan fingerprint density at radius 1 is 0.936 bits per heavy atom. The van der Waals surface area contributed by atoms with Crippen LogP contribution in [0.15, 0.2) is 42.0 Å². The number of aromatic carboxylic acids is 1. The molecule has 6 nitrogen and oxygen atoms in total. The van der Waals surface area contributed by atoms with Crippen LogP contribution in [-0.2, 0) is 28.0 Å². The Morgan fingerprint density at radius 3 is 2.36 bits per heavy atom. The molecule has 3 fully saturated rings. The van der Waals surface area contributed by atoms with Gasteiger partial charge in [0.05, 0.1) is 11.1 Å². The fraction of sp³-hybridized carbons (Fsp3) is 0.659. The minimum absolute atomic E-state index is 0.00173. The maximum absolute atomic E-state index is 14.4. The summed E-state index contributed by atoms with van der Waals surface area (Å²) in [7, 11) is 0. The first-order chi connectivity index (χ1) is 22.1. The second-order valence-electron chi connectivity index (χ2n) is 17.5. The highest BCUT2D eigenvalue weighted by molar-refractivity contribution is 5.87.